The summed E-state index contributed by atoms with van der Waals surface area (Å²) in [5, 5.41) is 14.1. The monoisotopic (exact) mass is 287 g/mol. The summed E-state index contributed by atoms with van der Waals surface area (Å²) in [6.45, 7) is 1.98. The number of pyridine rings is 1. The van der Waals surface area contributed by atoms with Crippen molar-refractivity contribution in [1.29, 1.82) is 0 Å². The smallest absolute Gasteiger partial charge is 0.203 e. The molecule has 4 rings (SSSR count). The summed E-state index contributed by atoms with van der Waals surface area (Å²) in [6, 6.07) is 15.8. The first kappa shape index (κ1) is 12.6. The summed E-state index contributed by atoms with van der Waals surface area (Å²) >= 11 is 0. The van der Waals surface area contributed by atoms with Gasteiger partial charge in [0.05, 0.1) is 5.69 Å². The van der Waals surface area contributed by atoms with E-state index in [1.54, 1.807) is 10.7 Å². The number of aryl methyl sites for hydroxylation is 1. The Morgan fingerprint density at radius 2 is 1.77 bits per heavy atom. The van der Waals surface area contributed by atoms with E-state index in [9.17, 15) is 0 Å². The summed E-state index contributed by atoms with van der Waals surface area (Å²) in [5.74, 6) is 0.659. The lowest BCUT2D eigenvalue weighted by Crippen LogP contribution is -2.03. The maximum Gasteiger partial charge on any atom is 0.203 e. The molecular weight excluding hydrogens is 274 g/mol. The minimum Gasteiger partial charge on any atom is -0.253 e. The van der Waals surface area contributed by atoms with Crippen LogP contribution in [0.15, 0.2) is 54.7 Å². The molecule has 0 spiro atoms. The highest BCUT2D eigenvalue weighted by atomic mass is 15.4. The molecule has 5 nitrogen and oxygen atoms in total. The van der Waals surface area contributed by atoms with Crippen molar-refractivity contribution in [2.45, 2.75) is 6.92 Å². The summed E-state index contributed by atoms with van der Waals surface area (Å²) in [6.07, 6.45) is 3.82. The standard InChI is InChI=1S/C17H13N5/c1-12-14(11-13-7-3-2-4-8-13)16-19-20-17(22(16)21-12)15-9-5-6-10-18-15/h2-11H,1H3. The highest BCUT2D eigenvalue weighted by Gasteiger charge is 2.14. The predicted molar refractivity (Wildman–Crippen MR) is 84.0 cm³/mol. The van der Waals surface area contributed by atoms with Crippen molar-refractivity contribution < 1.29 is 0 Å². The number of rotatable bonds is 2. The molecular formula is C17H13N5. The topological polar surface area (TPSA) is 56.0 Å². The van der Waals surface area contributed by atoms with Crippen LogP contribution < -0.4 is 5.22 Å². The second-order valence-corrected chi connectivity index (χ2v) is 5.03. The second kappa shape index (κ2) is 5.04. The minimum absolute atomic E-state index is 0.659. The van der Waals surface area contributed by atoms with E-state index in [0.717, 1.165) is 27.8 Å². The van der Waals surface area contributed by atoms with Gasteiger partial charge >= 0.3 is 0 Å². The minimum atomic E-state index is 0.659. The molecule has 106 valence electrons. The van der Waals surface area contributed by atoms with E-state index < -0.39 is 0 Å². The largest absolute Gasteiger partial charge is 0.253 e. The van der Waals surface area contributed by atoms with Crippen molar-refractivity contribution in [3.8, 4) is 11.5 Å². The lowest BCUT2D eigenvalue weighted by molar-refractivity contribution is 0.930. The van der Waals surface area contributed by atoms with E-state index in [4.69, 9.17) is 0 Å². The molecule has 0 aliphatic carbocycles. The van der Waals surface area contributed by atoms with Crippen molar-refractivity contribution in [2.24, 2.45) is 0 Å². The number of nitrogens with zero attached hydrogens (tertiary/aromatic N) is 5. The Morgan fingerprint density at radius 3 is 2.55 bits per heavy atom. The molecule has 0 saturated heterocycles. The summed E-state index contributed by atoms with van der Waals surface area (Å²) in [4.78, 5) is 4.32. The summed E-state index contributed by atoms with van der Waals surface area (Å²) in [7, 11) is 0. The van der Waals surface area contributed by atoms with Gasteiger partial charge < -0.3 is 0 Å². The van der Waals surface area contributed by atoms with Crippen LogP contribution in [0.2, 0.25) is 0 Å². The van der Waals surface area contributed by atoms with Crippen molar-refractivity contribution in [2.75, 3.05) is 0 Å². The molecule has 0 N–H and O–H groups in total. The van der Waals surface area contributed by atoms with Crippen LogP contribution in [0.1, 0.15) is 11.3 Å². The second-order valence-electron chi connectivity index (χ2n) is 5.03. The van der Waals surface area contributed by atoms with E-state index in [2.05, 4.69) is 38.5 Å². The van der Waals surface area contributed by atoms with Crippen LogP contribution in [-0.4, -0.2) is 24.8 Å². The number of hydrogen-bond acceptors (Lipinski definition) is 4. The fourth-order valence-corrected chi connectivity index (χ4v) is 2.45. The Bertz CT molecular complexity index is 974. The number of hydrogen-bond donors (Lipinski definition) is 0. The molecule has 0 aliphatic heterocycles. The average Bonchev–Trinajstić information content (AvgIpc) is 3.09. The molecule has 3 aromatic heterocycles. The third kappa shape index (κ3) is 2.03. The molecule has 1 aromatic carbocycles. The van der Waals surface area contributed by atoms with E-state index in [-0.39, 0.29) is 0 Å². The lowest BCUT2D eigenvalue weighted by Gasteiger charge is -1.93. The van der Waals surface area contributed by atoms with Crippen LogP contribution in [0.5, 0.6) is 0 Å². The molecule has 0 radical (unpaired) electrons. The Morgan fingerprint density at radius 1 is 0.955 bits per heavy atom. The third-order valence-electron chi connectivity index (χ3n) is 3.53. The zero-order valence-electron chi connectivity index (χ0n) is 12.0. The fraction of sp³-hybridized carbons (Fsp3) is 0.0588. The highest BCUT2D eigenvalue weighted by molar-refractivity contribution is 5.61. The van der Waals surface area contributed by atoms with Crippen LogP contribution in [0.25, 0.3) is 23.2 Å². The van der Waals surface area contributed by atoms with Gasteiger partial charge in [0.25, 0.3) is 0 Å². The fourth-order valence-electron chi connectivity index (χ4n) is 2.45. The summed E-state index contributed by atoms with van der Waals surface area (Å²) in [5.41, 5.74) is 3.55. The van der Waals surface area contributed by atoms with E-state index >= 15 is 0 Å². The molecule has 4 aromatic rings. The van der Waals surface area contributed by atoms with Gasteiger partial charge in [-0.15, -0.1) is 10.2 Å². The van der Waals surface area contributed by atoms with Crippen molar-refractivity contribution in [1.82, 2.24) is 24.8 Å². The van der Waals surface area contributed by atoms with Crippen molar-refractivity contribution in [3.05, 3.63) is 71.2 Å². The van der Waals surface area contributed by atoms with Gasteiger partial charge in [-0.2, -0.15) is 9.61 Å². The number of benzene rings is 1. The van der Waals surface area contributed by atoms with Crippen LogP contribution in [0.4, 0.5) is 0 Å². The third-order valence-corrected chi connectivity index (χ3v) is 3.53. The molecule has 3 heterocycles. The van der Waals surface area contributed by atoms with Crippen molar-refractivity contribution >= 4 is 11.7 Å². The van der Waals surface area contributed by atoms with Crippen LogP contribution in [0, 0.1) is 6.92 Å². The molecule has 0 amide bonds. The Balaban J connectivity index is 1.94. The highest BCUT2D eigenvalue weighted by Crippen LogP contribution is 2.13. The number of aromatic nitrogens is 5. The molecule has 0 unspecified atom stereocenters. The maximum absolute atomic E-state index is 4.57. The molecule has 0 atom stereocenters. The normalized spacial score (nSPS) is 12.1. The molecule has 5 heteroatoms. The van der Waals surface area contributed by atoms with Gasteiger partial charge in [0, 0.05) is 11.4 Å². The zero-order valence-corrected chi connectivity index (χ0v) is 12.0. The Kier molecular flexibility index (Phi) is 2.89. The zero-order chi connectivity index (χ0) is 14.9. The summed E-state index contributed by atoms with van der Waals surface area (Å²) < 4.78 is 1.76. The van der Waals surface area contributed by atoms with Crippen molar-refractivity contribution in [3.63, 3.8) is 0 Å². The van der Waals surface area contributed by atoms with Gasteiger partial charge in [-0.05, 0) is 30.7 Å². The predicted octanol–water partition coefficient (Wildman–Crippen LogP) is 2.04. The number of fused-ring (bicyclic) bond motifs is 1. The molecule has 0 saturated carbocycles. The van der Waals surface area contributed by atoms with E-state index in [0.29, 0.717) is 5.82 Å². The lowest BCUT2D eigenvalue weighted by atomic mass is 10.2. The van der Waals surface area contributed by atoms with Crippen LogP contribution in [-0.2, 0) is 0 Å². The van der Waals surface area contributed by atoms with E-state index in [1.807, 2.05) is 43.3 Å². The van der Waals surface area contributed by atoms with E-state index in [1.165, 1.54) is 0 Å². The van der Waals surface area contributed by atoms with Gasteiger partial charge in [0.1, 0.15) is 5.69 Å². The van der Waals surface area contributed by atoms with Gasteiger partial charge in [-0.1, -0.05) is 36.4 Å². The van der Waals surface area contributed by atoms with Gasteiger partial charge in [-0.25, -0.2) is 0 Å². The van der Waals surface area contributed by atoms with Gasteiger partial charge in [0.15, 0.2) is 5.65 Å². The first-order valence-corrected chi connectivity index (χ1v) is 7.03. The maximum atomic E-state index is 4.57. The quantitative estimate of drug-likeness (QED) is 0.566. The van der Waals surface area contributed by atoms with Gasteiger partial charge in [-0.3, -0.25) is 4.98 Å². The SMILES string of the molecule is Cc1nn2c(-c3ccccn3)nnc2c1=Cc1ccccc1. The van der Waals surface area contributed by atoms with Crippen LogP contribution >= 0.6 is 0 Å². The van der Waals surface area contributed by atoms with Gasteiger partial charge in [0.2, 0.25) is 5.82 Å². The first-order chi connectivity index (χ1) is 10.8. The average molecular weight is 287 g/mol. The first-order valence-electron chi connectivity index (χ1n) is 7.03. The molecule has 22 heavy (non-hydrogen) atoms. The molecule has 0 aliphatic rings. The Hall–Kier alpha value is -3.08. The van der Waals surface area contributed by atoms with Crippen LogP contribution in [0.3, 0.4) is 0 Å². The molecule has 0 fully saturated rings. The Labute approximate surface area is 127 Å². The molecule has 0 bridgehead atoms.